The molecular weight excluding hydrogens is 236 g/mol. The molecule has 1 saturated heterocycles. The Hall–Kier alpha value is -1.39. The van der Waals surface area contributed by atoms with Gasteiger partial charge >= 0.3 is 0 Å². The minimum absolute atomic E-state index is 0.901. The Morgan fingerprint density at radius 1 is 1.21 bits per heavy atom. The van der Waals surface area contributed by atoms with E-state index in [4.69, 9.17) is 0 Å². The van der Waals surface area contributed by atoms with Crippen LogP contribution in [0.25, 0.3) is 0 Å². The molecule has 0 saturated carbocycles. The number of nitrogens with one attached hydrogen (secondary N) is 1. The van der Waals surface area contributed by atoms with Gasteiger partial charge in [0.1, 0.15) is 5.84 Å². The van der Waals surface area contributed by atoms with Crippen molar-refractivity contribution in [2.75, 3.05) is 46.3 Å². The summed E-state index contributed by atoms with van der Waals surface area (Å²) in [5.41, 5.74) is 2.61. The molecule has 0 radical (unpaired) electrons. The Morgan fingerprint density at radius 2 is 2.05 bits per heavy atom. The Labute approximate surface area is 115 Å². The zero-order chi connectivity index (χ0) is 13.1. The number of benzene rings is 1. The van der Waals surface area contributed by atoms with Crippen LogP contribution in [0.4, 0.5) is 0 Å². The molecule has 0 atom stereocenters. The molecule has 0 aliphatic carbocycles. The van der Waals surface area contributed by atoms with Crippen LogP contribution in [0.1, 0.15) is 11.1 Å². The lowest BCUT2D eigenvalue weighted by atomic mass is 10.1. The van der Waals surface area contributed by atoms with E-state index >= 15 is 0 Å². The van der Waals surface area contributed by atoms with Gasteiger partial charge in [-0.3, -0.25) is 9.89 Å². The molecule has 2 aliphatic heterocycles. The number of likely N-dealkylation sites (N-methyl/N-ethyl adjacent to an activating group) is 1. The van der Waals surface area contributed by atoms with E-state index < -0.39 is 0 Å². The van der Waals surface area contributed by atoms with Gasteiger partial charge < -0.3 is 10.2 Å². The minimum Gasteiger partial charge on any atom is -0.368 e. The van der Waals surface area contributed by atoms with Crippen LogP contribution < -0.4 is 5.32 Å². The number of nitrogens with zero attached hydrogens (tertiary/aromatic N) is 3. The quantitative estimate of drug-likeness (QED) is 0.869. The second-order valence-electron chi connectivity index (χ2n) is 5.44. The zero-order valence-electron chi connectivity index (χ0n) is 11.6. The normalized spacial score (nSPS) is 21.2. The van der Waals surface area contributed by atoms with Crippen LogP contribution in [0.15, 0.2) is 29.3 Å². The average Bonchev–Trinajstić information content (AvgIpc) is 2.96. The summed E-state index contributed by atoms with van der Waals surface area (Å²) in [6.07, 6.45) is 0. The van der Waals surface area contributed by atoms with Gasteiger partial charge in [0, 0.05) is 44.8 Å². The molecule has 19 heavy (non-hydrogen) atoms. The molecule has 4 heteroatoms. The Bertz CT molecular complexity index is 461. The highest BCUT2D eigenvalue weighted by molar-refractivity contribution is 5.99. The van der Waals surface area contributed by atoms with Crippen molar-refractivity contribution in [2.24, 2.45) is 4.99 Å². The fourth-order valence-corrected chi connectivity index (χ4v) is 2.67. The van der Waals surface area contributed by atoms with Crippen molar-refractivity contribution in [3.8, 4) is 0 Å². The Balaban J connectivity index is 1.66. The van der Waals surface area contributed by atoms with Gasteiger partial charge in [0.2, 0.25) is 0 Å². The van der Waals surface area contributed by atoms with Crippen LogP contribution in [0.5, 0.6) is 0 Å². The van der Waals surface area contributed by atoms with Crippen LogP contribution in [-0.4, -0.2) is 62.0 Å². The van der Waals surface area contributed by atoms with E-state index in [0.717, 1.165) is 25.5 Å². The predicted molar refractivity (Wildman–Crippen MR) is 78.6 cm³/mol. The van der Waals surface area contributed by atoms with Gasteiger partial charge in [-0.2, -0.15) is 0 Å². The summed E-state index contributed by atoms with van der Waals surface area (Å²) in [7, 11) is 2.20. The molecule has 0 aromatic heterocycles. The highest BCUT2D eigenvalue weighted by Gasteiger charge is 2.14. The van der Waals surface area contributed by atoms with Gasteiger partial charge in [-0.15, -0.1) is 0 Å². The SMILES string of the molecule is CN1CCN(Cc2cccc(C3=NCCN3)c2)CC1. The average molecular weight is 258 g/mol. The summed E-state index contributed by atoms with van der Waals surface area (Å²) in [5.74, 6) is 1.06. The summed E-state index contributed by atoms with van der Waals surface area (Å²) in [6, 6.07) is 8.78. The fourth-order valence-electron chi connectivity index (χ4n) is 2.67. The molecule has 1 N–H and O–H groups in total. The van der Waals surface area contributed by atoms with Gasteiger partial charge in [-0.25, -0.2) is 0 Å². The van der Waals surface area contributed by atoms with Crippen LogP contribution in [0, 0.1) is 0 Å². The second kappa shape index (κ2) is 5.72. The zero-order valence-corrected chi connectivity index (χ0v) is 11.6. The largest absolute Gasteiger partial charge is 0.368 e. The predicted octanol–water partition coefficient (Wildman–Crippen LogP) is 0.784. The first-order valence-corrected chi connectivity index (χ1v) is 7.10. The third kappa shape index (κ3) is 3.14. The summed E-state index contributed by atoms with van der Waals surface area (Å²) in [5, 5.41) is 3.34. The van der Waals surface area contributed by atoms with E-state index in [1.54, 1.807) is 0 Å². The number of amidine groups is 1. The first-order valence-electron chi connectivity index (χ1n) is 7.10. The van der Waals surface area contributed by atoms with Gasteiger partial charge in [0.15, 0.2) is 0 Å². The lowest BCUT2D eigenvalue weighted by molar-refractivity contribution is 0.148. The second-order valence-corrected chi connectivity index (χ2v) is 5.44. The molecule has 3 rings (SSSR count). The summed E-state index contributed by atoms with van der Waals surface area (Å²) in [6.45, 7) is 7.60. The molecule has 1 aromatic rings. The number of aliphatic imine (C=N–C) groups is 1. The molecule has 0 amide bonds. The van der Waals surface area contributed by atoms with E-state index in [0.29, 0.717) is 0 Å². The molecule has 0 spiro atoms. The van der Waals surface area contributed by atoms with Crippen molar-refractivity contribution in [3.05, 3.63) is 35.4 Å². The standard InChI is InChI=1S/C15H22N4/c1-18-7-9-19(10-8-18)12-13-3-2-4-14(11-13)15-16-5-6-17-15/h2-4,11H,5-10,12H2,1H3,(H,16,17). The van der Waals surface area contributed by atoms with Gasteiger partial charge in [0.05, 0.1) is 6.54 Å². The maximum absolute atomic E-state index is 4.49. The minimum atomic E-state index is 0.901. The smallest absolute Gasteiger partial charge is 0.128 e. The third-order valence-electron chi connectivity index (χ3n) is 3.88. The molecule has 1 fully saturated rings. The van der Waals surface area contributed by atoms with Crippen molar-refractivity contribution in [1.29, 1.82) is 0 Å². The van der Waals surface area contributed by atoms with Crippen molar-refractivity contribution in [3.63, 3.8) is 0 Å². The lowest BCUT2D eigenvalue weighted by Gasteiger charge is -2.32. The van der Waals surface area contributed by atoms with Crippen molar-refractivity contribution < 1.29 is 0 Å². The highest BCUT2D eigenvalue weighted by Crippen LogP contribution is 2.11. The van der Waals surface area contributed by atoms with Crippen LogP contribution >= 0.6 is 0 Å². The summed E-state index contributed by atoms with van der Waals surface area (Å²) in [4.78, 5) is 9.41. The van der Waals surface area contributed by atoms with Crippen molar-refractivity contribution in [2.45, 2.75) is 6.54 Å². The number of hydrogen-bond donors (Lipinski definition) is 1. The molecule has 0 bridgehead atoms. The first-order chi connectivity index (χ1) is 9.31. The maximum Gasteiger partial charge on any atom is 0.128 e. The van der Waals surface area contributed by atoms with E-state index in [2.05, 4.69) is 51.4 Å². The summed E-state index contributed by atoms with van der Waals surface area (Å²) < 4.78 is 0. The third-order valence-corrected chi connectivity index (χ3v) is 3.88. The first kappa shape index (κ1) is 12.6. The molecule has 102 valence electrons. The molecule has 1 aromatic carbocycles. The summed E-state index contributed by atoms with van der Waals surface area (Å²) >= 11 is 0. The number of hydrogen-bond acceptors (Lipinski definition) is 4. The van der Waals surface area contributed by atoms with Gasteiger partial charge in [-0.05, 0) is 18.7 Å². The van der Waals surface area contributed by atoms with E-state index in [1.165, 1.54) is 37.3 Å². The van der Waals surface area contributed by atoms with E-state index in [-0.39, 0.29) is 0 Å². The monoisotopic (exact) mass is 258 g/mol. The van der Waals surface area contributed by atoms with Crippen molar-refractivity contribution >= 4 is 5.84 Å². The molecule has 4 nitrogen and oxygen atoms in total. The molecular formula is C15H22N4. The van der Waals surface area contributed by atoms with Crippen LogP contribution in [-0.2, 0) is 6.54 Å². The molecule has 2 heterocycles. The topological polar surface area (TPSA) is 30.9 Å². The van der Waals surface area contributed by atoms with Crippen LogP contribution in [0.3, 0.4) is 0 Å². The molecule has 2 aliphatic rings. The highest BCUT2D eigenvalue weighted by atomic mass is 15.2. The van der Waals surface area contributed by atoms with Crippen molar-refractivity contribution in [1.82, 2.24) is 15.1 Å². The lowest BCUT2D eigenvalue weighted by Crippen LogP contribution is -2.43. The van der Waals surface area contributed by atoms with E-state index in [1.807, 2.05) is 0 Å². The number of rotatable bonds is 3. The van der Waals surface area contributed by atoms with E-state index in [9.17, 15) is 0 Å². The van der Waals surface area contributed by atoms with Gasteiger partial charge in [0.25, 0.3) is 0 Å². The Morgan fingerprint density at radius 3 is 2.79 bits per heavy atom. The Kier molecular flexibility index (Phi) is 3.80. The van der Waals surface area contributed by atoms with Crippen LogP contribution in [0.2, 0.25) is 0 Å². The number of piperazine rings is 1. The van der Waals surface area contributed by atoms with Gasteiger partial charge in [-0.1, -0.05) is 18.2 Å². The maximum atomic E-state index is 4.49. The molecule has 0 unspecified atom stereocenters. The fraction of sp³-hybridized carbons (Fsp3) is 0.533.